The summed E-state index contributed by atoms with van der Waals surface area (Å²) in [6.45, 7) is 14.4. The van der Waals surface area contributed by atoms with Crippen LogP contribution in [0.1, 0.15) is 65.5 Å². The van der Waals surface area contributed by atoms with Crippen LogP contribution in [0.3, 0.4) is 0 Å². The van der Waals surface area contributed by atoms with Crippen molar-refractivity contribution in [2.75, 3.05) is 0 Å². The van der Waals surface area contributed by atoms with Crippen molar-refractivity contribution in [3.63, 3.8) is 0 Å². The lowest BCUT2D eigenvalue weighted by molar-refractivity contribution is 0.555. The van der Waals surface area contributed by atoms with Crippen molar-refractivity contribution < 1.29 is 0 Å². The highest BCUT2D eigenvalue weighted by atomic mass is 15.3. The Kier molecular flexibility index (Phi) is 5.02. The largest absolute Gasteiger partial charge is 0.276 e. The van der Waals surface area contributed by atoms with Crippen molar-refractivity contribution in [2.45, 2.75) is 71.8 Å². The maximum Gasteiger partial charge on any atom is 0.0527 e. The van der Waals surface area contributed by atoms with Crippen molar-refractivity contribution in [3.05, 3.63) is 35.9 Å². The zero-order chi connectivity index (χ0) is 17.3. The Morgan fingerprint density at radius 2 is 1.43 bits per heavy atom. The van der Waals surface area contributed by atoms with Crippen molar-refractivity contribution in [2.24, 2.45) is 13.0 Å². The van der Waals surface area contributed by atoms with Crippen LogP contribution in [-0.2, 0) is 24.4 Å². The van der Waals surface area contributed by atoms with Gasteiger partial charge >= 0.3 is 0 Å². The first kappa shape index (κ1) is 17.8. The lowest BCUT2D eigenvalue weighted by atomic mass is 9.90. The monoisotopic (exact) mass is 316 g/mol. The van der Waals surface area contributed by atoms with E-state index < -0.39 is 0 Å². The van der Waals surface area contributed by atoms with Gasteiger partial charge in [0.1, 0.15) is 0 Å². The minimum atomic E-state index is 0.230. The molecule has 0 aromatic carbocycles. The van der Waals surface area contributed by atoms with Crippen LogP contribution in [0.5, 0.6) is 0 Å². The van der Waals surface area contributed by atoms with Crippen molar-refractivity contribution >= 4 is 0 Å². The second kappa shape index (κ2) is 6.50. The Bertz CT molecular complexity index is 618. The molecule has 0 N–H and O–H groups in total. The average molecular weight is 316 g/mol. The fourth-order valence-electron chi connectivity index (χ4n) is 2.22. The molecule has 0 spiro atoms. The predicted molar refractivity (Wildman–Crippen MR) is 95.6 cm³/mol. The molecule has 1 aliphatic carbocycles. The summed E-state index contributed by atoms with van der Waals surface area (Å²) < 4.78 is 3.93. The van der Waals surface area contributed by atoms with Gasteiger partial charge in [-0.05, 0) is 40.7 Å². The van der Waals surface area contributed by atoms with Crippen LogP contribution in [0, 0.1) is 5.92 Å². The van der Waals surface area contributed by atoms with Crippen molar-refractivity contribution in [1.82, 2.24) is 19.6 Å². The Balaban J connectivity index is 0.000000174. The van der Waals surface area contributed by atoms with Crippen LogP contribution in [0.2, 0.25) is 0 Å². The second-order valence-corrected chi connectivity index (χ2v) is 8.80. The molecule has 0 unspecified atom stereocenters. The zero-order valence-electron chi connectivity index (χ0n) is 15.8. The van der Waals surface area contributed by atoms with E-state index in [1.54, 1.807) is 0 Å². The van der Waals surface area contributed by atoms with Gasteiger partial charge in [-0.2, -0.15) is 10.2 Å². The second-order valence-electron chi connectivity index (χ2n) is 8.80. The third kappa shape index (κ3) is 5.52. The van der Waals surface area contributed by atoms with E-state index in [2.05, 4.69) is 68.8 Å². The predicted octanol–water partition coefficient (Wildman–Crippen LogP) is 4.31. The SMILES string of the molecule is CC(C)(C)c1cnn(CC2CC2)c1.Cn1cc(C(C)(C)C)cn1. The van der Waals surface area contributed by atoms with E-state index >= 15 is 0 Å². The van der Waals surface area contributed by atoms with Crippen LogP contribution in [0.4, 0.5) is 0 Å². The molecule has 4 nitrogen and oxygen atoms in total. The van der Waals surface area contributed by atoms with E-state index in [1.165, 1.54) is 24.0 Å². The average Bonchev–Trinajstić information content (AvgIpc) is 2.88. The summed E-state index contributed by atoms with van der Waals surface area (Å²) in [5, 5.41) is 8.48. The van der Waals surface area contributed by atoms with E-state index in [1.807, 2.05) is 24.1 Å². The van der Waals surface area contributed by atoms with Gasteiger partial charge in [0.15, 0.2) is 0 Å². The number of aryl methyl sites for hydroxylation is 1. The summed E-state index contributed by atoms with van der Waals surface area (Å²) in [6, 6.07) is 0. The van der Waals surface area contributed by atoms with Gasteiger partial charge in [0.2, 0.25) is 0 Å². The maximum atomic E-state index is 4.38. The molecule has 0 amide bonds. The lowest BCUT2D eigenvalue weighted by Gasteiger charge is -2.14. The molecular weight excluding hydrogens is 284 g/mol. The van der Waals surface area contributed by atoms with Gasteiger partial charge < -0.3 is 0 Å². The lowest BCUT2D eigenvalue weighted by Crippen LogP contribution is -2.09. The molecule has 2 aromatic rings. The summed E-state index contributed by atoms with van der Waals surface area (Å²) in [7, 11) is 1.94. The molecule has 128 valence electrons. The highest BCUT2D eigenvalue weighted by Crippen LogP contribution is 2.31. The minimum absolute atomic E-state index is 0.230. The standard InChI is InChI=1S/C11H18N2.C8H14N2/c1-11(2,3)10-6-12-13(8-10)7-9-4-5-9;1-8(2,3)7-5-9-10(4)6-7/h6,8-9H,4-5,7H2,1-3H3;5-6H,1-4H3. The van der Waals surface area contributed by atoms with Gasteiger partial charge in [-0.3, -0.25) is 9.36 Å². The molecule has 0 aliphatic heterocycles. The molecule has 23 heavy (non-hydrogen) atoms. The Labute approximate surface area is 140 Å². The van der Waals surface area contributed by atoms with Gasteiger partial charge in [0.25, 0.3) is 0 Å². The van der Waals surface area contributed by atoms with E-state index in [4.69, 9.17) is 0 Å². The van der Waals surface area contributed by atoms with Gasteiger partial charge in [-0.15, -0.1) is 0 Å². The third-order valence-corrected chi connectivity index (χ3v) is 4.21. The van der Waals surface area contributed by atoms with Crippen LogP contribution >= 0.6 is 0 Å². The maximum absolute atomic E-state index is 4.38. The van der Waals surface area contributed by atoms with Gasteiger partial charge in [0.05, 0.1) is 12.4 Å². The first-order valence-corrected chi connectivity index (χ1v) is 8.58. The highest BCUT2D eigenvalue weighted by molar-refractivity contribution is 5.15. The van der Waals surface area contributed by atoms with Crippen LogP contribution in [0.25, 0.3) is 0 Å². The number of rotatable bonds is 2. The fraction of sp³-hybridized carbons (Fsp3) is 0.684. The Morgan fingerprint density at radius 3 is 1.78 bits per heavy atom. The van der Waals surface area contributed by atoms with Gasteiger partial charge in [-0.25, -0.2) is 0 Å². The Morgan fingerprint density at radius 1 is 0.913 bits per heavy atom. The van der Waals surface area contributed by atoms with E-state index in [0.717, 1.165) is 12.5 Å². The molecule has 1 fully saturated rings. The normalized spacial score (nSPS) is 15.3. The van der Waals surface area contributed by atoms with Crippen molar-refractivity contribution in [1.29, 1.82) is 0 Å². The summed E-state index contributed by atoms with van der Waals surface area (Å²) in [6.07, 6.45) is 11.0. The summed E-state index contributed by atoms with van der Waals surface area (Å²) in [5.74, 6) is 0.910. The minimum Gasteiger partial charge on any atom is -0.276 e. The van der Waals surface area contributed by atoms with E-state index in [9.17, 15) is 0 Å². The topological polar surface area (TPSA) is 35.6 Å². The summed E-state index contributed by atoms with van der Waals surface area (Å²) in [4.78, 5) is 0. The van der Waals surface area contributed by atoms with Gasteiger partial charge in [0, 0.05) is 26.0 Å². The molecule has 3 rings (SSSR count). The van der Waals surface area contributed by atoms with E-state index in [0.29, 0.717) is 0 Å². The highest BCUT2D eigenvalue weighted by Gasteiger charge is 2.23. The molecule has 1 aliphatic rings. The first-order valence-electron chi connectivity index (χ1n) is 8.58. The smallest absolute Gasteiger partial charge is 0.0527 e. The van der Waals surface area contributed by atoms with Gasteiger partial charge in [-0.1, -0.05) is 41.5 Å². The molecule has 1 saturated carbocycles. The van der Waals surface area contributed by atoms with Crippen LogP contribution in [0.15, 0.2) is 24.8 Å². The third-order valence-electron chi connectivity index (χ3n) is 4.21. The molecule has 0 radical (unpaired) electrons. The molecule has 2 heterocycles. The van der Waals surface area contributed by atoms with E-state index in [-0.39, 0.29) is 10.8 Å². The fourth-order valence-corrected chi connectivity index (χ4v) is 2.22. The number of aromatic nitrogens is 4. The zero-order valence-corrected chi connectivity index (χ0v) is 15.8. The number of nitrogens with zero attached hydrogens (tertiary/aromatic N) is 4. The van der Waals surface area contributed by atoms with Crippen LogP contribution < -0.4 is 0 Å². The number of hydrogen-bond acceptors (Lipinski definition) is 2. The molecule has 4 heteroatoms. The Hall–Kier alpha value is -1.58. The first-order chi connectivity index (χ1) is 10.6. The summed E-state index contributed by atoms with van der Waals surface area (Å²) >= 11 is 0. The molecule has 0 atom stereocenters. The molecule has 0 bridgehead atoms. The van der Waals surface area contributed by atoms with Crippen LogP contribution in [-0.4, -0.2) is 19.6 Å². The summed E-state index contributed by atoms with van der Waals surface area (Å²) in [5.41, 5.74) is 3.10. The molecule has 0 saturated heterocycles. The molecular formula is C19H32N4. The molecule has 2 aromatic heterocycles. The quantitative estimate of drug-likeness (QED) is 0.827. The van der Waals surface area contributed by atoms with Crippen molar-refractivity contribution in [3.8, 4) is 0 Å². The number of hydrogen-bond donors (Lipinski definition) is 0.